The van der Waals surface area contributed by atoms with E-state index in [1.807, 2.05) is 18.2 Å². The zero-order valence-electron chi connectivity index (χ0n) is 14.1. The standard InChI is InChI=1S/C19H19FN2OS/c1-19(2,3)13-10-8-12(9-11-13)17(23)21-18-22(4)16-14(20)6-5-7-15(16)24-18/h5-11H,1-4H3. The highest BCUT2D eigenvalue weighted by molar-refractivity contribution is 7.16. The lowest BCUT2D eigenvalue weighted by molar-refractivity contribution is 0.0998. The molecule has 3 aromatic rings. The van der Waals surface area contributed by atoms with Crippen LogP contribution in [0.2, 0.25) is 0 Å². The number of carbonyl (C=O) groups excluding carboxylic acids is 1. The molecule has 0 N–H and O–H groups in total. The molecule has 1 amide bonds. The van der Waals surface area contributed by atoms with Crippen LogP contribution in [0.4, 0.5) is 4.39 Å². The van der Waals surface area contributed by atoms with Crippen molar-refractivity contribution < 1.29 is 9.18 Å². The van der Waals surface area contributed by atoms with Crippen LogP contribution in [0.3, 0.4) is 0 Å². The molecule has 0 atom stereocenters. The van der Waals surface area contributed by atoms with Gasteiger partial charge < -0.3 is 4.57 Å². The Balaban J connectivity index is 2.01. The minimum absolute atomic E-state index is 0.0359. The number of aromatic nitrogens is 1. The molecule has 0 saturated heterocycles. The van der Waals surface area contributed by atoms with Gasteiger partial charge in [0.1, 0.15) is 5.82 Å². The van der Waals surface area contributed by atoms with Crippen molar-refractivity contribution in [2.24, 2.45) is 12.0 Å². The summed E-state index contributed by atoms with van der Waals surface area (Å²) in [4.78, 5) is 17.1. The first kappa shape index (κ1) is 16.6. The van der Waals surface area contributed by atoms with Crippen LogP contribution in [-0.2, 0) is 12.5 Å². The van der Waals surface area contributed by atoms with Gasteiger partial charge in [-0.2, -0.15) is 4.99 Å². The van der Waals surface area contributed by atoms with E-state index < -0.39 is 0 Å². The molecule has 5 heteroatoms. The Hall–Kier alpha value is -2.27. The fraction of sp³-hybridized carbons (Fsp3) is 0.263. The smallest absolute Gasteiger partial charge is 0.279 e. The predicted molar refractivity (Wildman–Crippen MR) is 95.8 cm³/mol. The Labute approximate surface area is 144 Å². The second-order valence-corrected chi connectivity index (χ2v) is 7.78. The van der Waals surface area contributed by atoms with Crippen LogP contribution in [0.5, 0.6) is 0 Å². The molecule has 0 fully saturated rings. The van der Waals surface area contributed by atoms with Gasteiger partial charge in [-0.25, -0.2) is 4.39 Å². The highest BCUT2D eigenvalue weighted by Gasteiger charge is 2.14. The van der Waals surface area contributed by atoms with Crippen LogP contribution in [0.25, 0.3) is 10.2 Å². The van der Waals surface area contributed by atoms with E-state index in [2.05, 4.69) is 25.8 Å². The summed E-state index contributed by atoms with van der Waals surface area (Å²) in [7, 11) is 1.72. The summed E-state index contributed by atoms with van der Waals surface area (Å²) in [6, 6.07) is 12.4. The minimum atomic E-state index is -0.321. The molecule has 0 spiro atoms. The highest BCUT2D eigenvalue weighted by atomic mass is 32.1. The third-order valence-electron chi connectivity index (χ3n) is 3.97. The maximum atomic E-state index is 13.9. The van der Waals surface area contributed by atoms with Crippen LogP contribution < -0.4 is 4.80 Å². The maximum Gasteiger partial charge on any atom is 0.279 e. The Morgan fingerprint density at radius 2 is 1.79 bits per heavy atom. The summed E-state index contributed by atoms with van der Waals surface area (Å²) in [5.41, 5.74) is 2.19. The Kier molecular flexibility index (Phi) is 4.13. The van der Waals surface area contributed by atoms with Gasteiger partial charge in [0.15, 0.2) is 4.80 Å². The zero-order chi connectivity index (χ0) is 17.5. The number of benzene rings is 2. The molecule has 0 unspecified atom stereocenters. The zero-order valence-corrected chi connectivity index (χ0v) is 14.9. The molecule has 3 nitrogen and oxygen atoms in total. The van der Waals surface area contributed by atoms with E-state index in [0.717, 1.165) is 10.3 Å². The van der Waals surface area contributed by atoms with Gasteiger partial charge in [0.25, 0.3) is 5.91 Å². The molecule has 124 valence electrons. The number of fused-ring (bicyclic) bond motifs is 1. The quantitative estimate of drug-likeness (QED) is 0.645. The predicted octanol–water partition coefficient (Wildman–Crippen LogP) is 4.42. The maximum absolute atomic E-state index is 13.9. The lowest BCUT2D eigenvalue weighted by atomic mass is 9.87. The number of halogens is 1. The summed E-state index contributed by atoms with van der Waals surface area (Å²) in [6.45, 7) is 6.37. The van der Waals surface area contributed by atoms with Gasteiger partial charge in [0, 0.05) is 12.6 Å². The third kappa shape index (κ3) is 3.04. The van der Waals surface area contributed by atoms with Crippen molar-refractivity contribution in [1.82, 2.24) is 4.57 Å². The second-order valence-electron chi connectivity index (χ2n) is 6.77. The minimum Gasteiger partial charge on any atom is -0.317 e. The molecule has 3 rings (SSSR count). The van der Waals surface area contributed by atoms with Gasteiger partial charge in [-0.05, 0) is 35.2 Å². The van der Waals surface area contributed by atoms with Gasteiger partial charge in [-0.3, -0.25) is 4.79 Å². The van der Waals surface area contributed by atoms with Crippen molar-refractivity contribution in [3.63, 3.8) is 0 Å². The molecular formula is C19H19FN2OS. The van der Waals surface area contributed by atoms with E-state index in [-0.39, 0.29) is 17.1 Å². The normalized spacial score (nSPS) is 12.8. The largest absolute Gasteiger partial charge is 0.317 e. The van der Waals surface area contributed by atoms with Gasteiger partial charge in [0.05, 0.1) is 10.2 Å². The van der Waals surface area contributed by atoms with E-state index in [1.165, 1.54) is 17.4 Å². The molecule has 0 bridgehead atoms. The first-order valence-corrected chi connectivity index (χ1v) is 8.52. The highest BCUT2D eigenvalue weighted by Crippen LogP contribution is 2.22. The van der Waals surface area contributed by atoms with Crippen LogP contribution in [0, 0.1) is 5.82 Å². The van der Waals surface area contributed by atoms with Crippen molar-refractivity contribution in [3.05, 3.63) is 64.2 Å². The van der Waals surface area contributed by atoms with Crippen LogP contribution >= 0.6 is 11.3 Å². The van der Waals surface area contributed by atoms with E-state index in [1.54, 1.807) is 29.8 Å². The Morgan fingerprint density at radius 1 is 1.12 bits per heavy atom. The summed E-state index contributed by atoms with van der Waals surface area (Å²) in [5.74, 6) is -0.632. The molecule has 0 aliphatic heterocycles. The Morgan fingerprint density at radius 3 is 2.38 bits per heavy atom. The molecule has 24 heavy (non-hydrogen) atoms. The van der Waals surface area contributed by atoms with Crippen molar-refractivity contribution in [1.29, 1.82) is 0 Å². The van der Waals surface area contributed by atoms with Gasteiger partial charge in [-0.15, -0.1) is 0 Å². The van der Waals surface area contributed by atoms with Crippen molar-refractivity contribution in [2.75, 3.05) is 0 Å². The molecule has 0 aliphatic rings. The average Bonchev–Trinajstić information content (AvgIpc) is 2.84. The topological polar surface area (TPSA) is 34.4 Å². The number of aryl methyl sites for hydroxylation is 1. The van der Waals surface area contributed by atoms with Gasteiger partial charge >= 0.3 is 0 Å². The van der Waals surface area contributed by atoms with Crippen molar-refractivity contribution in [2.45, 2.75) is 26.2 Å². The second kappa shape index (κ2) is 5.98. The molecular weight excluding hydrogens is 323 g/mol. The molecule has 0 saturated carbocycles. The van der Waals surface area contributed by atoms with Crippen LogP contribution in [0.1, 0.15) is 36.7 Å². The molecule has 0 radical (unpaired) electrons. The number of thiazole rings is 1. The van der Waals surface area contributed by atoms with Crippen LogP contribution in [-0.4, -0.2) is 10.5 Å². The summed E-state index contributed by atoms with van der Waals surface area (Å²) in [6.07, 6.45) is 0. The van der Waals surface area contributed by atoms with Crippen molar-refractivity contribution in [3.8, 4) is 0 Å². The lowest BCUT2D eigenvalue weighted by Gasteiger charge is -2.18. The average molecular weight is 342 g/mol. The number of para-hydroxylation sites is 1. The van der Waals surface area contributed by atoms with E-state index in [4.69, 9.17) is 0 Å². The summed E-state index contributed by atoms with van der Waals surface area (Å²) >= 11 is 1.30. The van der Waals surface area contributed by atoms with E-state index >= 15 is 0 Å². The fourth-order valence-electron chi connectivity index (χ4n) is 2.53. The number of nitrogens with zero attached hydrogens (tertiary/aromatic N) is 2. The summed E-state index contributed by atoms with van der Waals surface area (Å²) < 4.78 is 16.3. The van der Waals surface area contributed by atoms with E-state index in [0.29, 0.717) is 15.9 Å². The van der Waals surface area contributed by atoms with Gasteiger partial charge in [-0.1, -0.05) is 50.3 Å². The summed E-state index contributed by atoms with van der Waals surface area (Å²) in [5, 5.41) is 0. The number of hydrogen-bond donors (Lipinski definition) is 0. The molecule has 0 aliphatic carbocycles. The number of carbonyl (C=O) groups is 1. The first-order chi connectivity index (χ1) is 11.3. The lowest BCUT2D eigenvalue weighted by Crippen LogP contribution is -2.14. The molecule has 2 aromatic carbocycles. The third-order valence-corrected chi connectivity index (χ3v) is 5.07. The number of hydrogen-bond acceptors (Lipinski definition) is 2. The number of rotatable bonds is 1. The first-order valence-electron chi connectivity index (χ1n) is 7.71. The van der Waals surface area contributed by atoms with Crippen molar-refractivity contribution >= 4 is 27.5 Å². The molecule has 1 heterocycles. The van der Waals surface area contributed by atoms with E-state index in [9.17, 15) is 9.18 Å². The Bertz CT molecular complexity index is 975. The van der Waals surface area contributed by atoms with Crippen LogP contribution in [0.15, 0.2) is 47.5 Å². The molecule has 1 aromatic heterocycles. The number of amides is 1. The van der Waals surface area contributed by atoms with Gasteiger partial charge in [0.2, 0.25) is 0 Å². The monoisotopic (exact) mass is 342 g/mol. The SMILES string of the molecule is Cn1c(=NC(=O)c2ccc(C(C)(C)C)cc2)sc2cccc(F)c21. The fourth-order valence-corrected chi connectivity index (χ4v) is 3.56.